The van der Waals surface area contributed by atoms with Crippen molar-refractivity contribution < 1.29 is 18.4 Å². The van der Waals surface area contributed by atoms with Crippen LogP contribution in [0.4, 0.5) is 4.39 Å². The Morgan fingerprint density at radius 2 is 1.91 bits per heavy atom. The van der Waals surface area contributed by atoms with Crippen molar-refractivity contribution in [2.75, 3.05) is 0 Å². The van der Waals surface area contributed by atoms with Gasteiger partial charge in [-0.1, -0.05) is 19.1 Å². The Morgan fingerprint density at radius 3 is 2.52 bits per heavy atom. The summed E-state index contributed by atoms with van der Waals surface area (Å²) < 4.78 is 17.9. The third-order valence-corrected chi connectivity index (χ3v) is 3.01. The number of carbonyl (C=O) groups excluding carboxylic acids is 2. The van der Waals surface area contributed by atoms with E-state index in [-0.39, 0.29) is 12.4 Å². The molecule has 120 valence electrons. The van der Waals surface area contributed by atoms with Crippen molar-refractivity contribution in [3.63, 3.8) is 0 Å². The van der Waals surface area contributed by atoms with Crippen LogP contribution in [0.5, 0.6) is 0 Å². The van der Waals surface area contributed by atoms with Gasteiger partial charge in [0, 0.05) is 0 Å². The minimum Gasteiger partial charge on any atom is -0.467 e. The van der Waals surface area contributed by atoms with Gasteiger partial charge in [-0.3, -0.25) is 9.59 Å². The Morgan fingerprint density at radius 1 is 1.17 bits per heavy atom. The minimum atomic E-state index is -0.885. The van der Waals surface area contributed by atoms with E-state index < -0.39 is 11.8 Å². The predicted octanol–water partition coefficient (Wildman–Crippen LogP) is 1.97. The Kier molecular flexibility index (Phi) is 5.62. The number of furan rings is 1. The lowest BCUT2D eigenvalue weighted by Gasteiger charge is -2.05. The standard InChI is InChI=1S/C16H16FN3O3/c1-2-14(11-5-7-12(17)8-6-11)19-20-16(22)15(21)18-10-13-4-3-9-23-13/h3-9H,2,10H2,1H3,(H,18,21)(H,20,22)/b19-14+. The van der Waals surface area contributed by atoms with Gasteiger partial charge in [-0.05, 0) is 36.2 Å². The first-order valence-electron chi connectivity index (χ1n) is 7.03. The second-order valence-corrected chi connectivity index (χ2v) is 4.62. The zero-order chi connectivity index (χ0) is 16.7. The molecule has 0 bridgehead atoms. The van der Waals surface area contributed by atoms with Crippen molar-refractivity contribution >= 4 is 17.5 Å². The molecule has 0 saturated carbocycles. The summed E-state index contributed by atoms with van der Waals surface area (Å²) in [7, 11) is 0. The Hall–Kier alpha value is -2.96. The molecule has 0 spiro atoms. The number of hydrogen-bond donors (Lipinski definition) is 2. The molecule has 0 atom stereocenters. The Bertz CT molecular complexity index is 694. The molecule has 2 N–H and O–H groups in total. The van der Waals surface area contributed by atoms with E-state index in [1.165, 1.54) is 18.4 Å². The number of nitrogens with one attached hydrogen (secondary N) is 2. The normalized spacial score (nSPS) is 11.1. The van der Waals surface area contributed by atoms with Crippen LogP contribution < -0.4 is 10.7 Å². The van der Waals surface area contributed by atoms with E-state index in [0.29, 0.717) is 23.5 Å². The SMILES string of the molecule is CC/C(=N\NC(=O)C(=O)NCc1ccco1)c1ccc(F)cc1. The fourth-order valence-corrected chi connectivity index (χ4v) is 1.82. The van der Waals surface area contributed by atoms with E-state index in [4.69, 9.17) is 4.42 Å². The number of nitrogens with zero attached hydrogens (tertiary/aromatic N) is 1. The fraction of sp³-hybridized carbons (Fsp3) is 0.188. The minimum absolute atomic E-state index is 0.113. The van der Waals surface area contributed by atoms with Gasteiger partial charge in [0.15, 0.2) is 0 Å². The summed E-state index contributed by atoms with van der Waals surface area (Å²) in [4.78, 5) is 23.3. The van der Waals surface area contributed by atoms with Crippen molar-refractivity contribution in [2.24, 2.45) is 5.10 Å². The number of hydrogen-bond acceptors (Lipinski definition) is 4. The first-order valence-corrected chi connectivity index (χ1v) is 7.03. The summed E-state index contributed by atoms with van der Waals surface area (Å²) in [5, 5.41) is 6.33. The average Bonchev–Trinajstić information content (AvgIpc) is 3.08. The van der Waals surface area contributed by atoms with Gasteiger partial charge in [-0.15, -0.1) is 0 Å². The molecule has 2 rings (SSSR count). The summed E-state index contributed by atoms with van der Waals surface area (Å²) in [5.41, 5.74) is 3.40. The highest BCUT2D eigenvalue weighted by atomic mass is 19.1. The smallest absolute Gasteiger partial charge is 0.329 e. The first-order chi connectivity index (χ1) is 11.1. The van der Waals surface area contributed by atoms with Gasteiger partial charge in [0.2, 0.25) is 0 Å². The number of hydrazone groups is 1. The first kappa shape index (κ1) is 16.4. The maximum absolute atomic E-state index is 12.9. The van der Waals surface area contributed by atoms with Crippen LogP contribution in [0.15, 0.2) is 52.2 Å². The highest BCUT2D eigenvalue weighted by Crippen LogP contribution is 2.06. The van der Waals surface area contributed by atoms with Gasteiger partial charge >= 0.3 is 11.8 Å². The molecule has 0 aliphatic carbocycles. The third-order valence-electron chi connectivity index (χ3n) is 3.01. The molecule has 0 aliphatic rings. The maximum Gasteiger partial charge on any atom is 0.329 e. The molecule has 6 nitrogen and oxygen atoms in total. The maximum atomic E-state index is 12.9. The molecule has 1 aromatic heterocycles. The van der Waals surface area contributed by atoms with Crippen molar-refractivity contribution in [2.45, 2.75) is 19.9 Å². The third kappa shape index (κ3) is 4.77. The molecule has 1 heterocycles. The largest absolute Gasteiger partial charge is 0.467 e. The number of halogens is 1. The zero-order valence-corrected chi connectivity index (χ0v) is 12.5. The Balaban J connectivity index is 1.92. The van der Waals surface area contributed by atoms with E-state index in [2.05, 4.69) is 15.8 Å². The lowest BCUT2D eigenvalue weighted by Crippen LogP contribution is -2.37. The highest BCUT2D eigenvalue weighted by molar-refractivity contribution is 6.35. The molecule has 0 fully saturated rings. The monoisotopic (exact) mass is 317 g/mol. The van der Waals surface area contributed by atoms with E-state index in [1.54, 1.807) is 24.3 Å². The second kappa shape index (κ2) is 7.88. The number of benzene rings is 1. The van der Waals surface area contributed by atoms with Crippen LogP contribution in [-0.2, 0) is 16.1 Å². The predicted molar refractivity (Wildman–Crippen MR) is 81.9 cm³/mol. The van der Waals surface area contributed by atoms with Crippen molar-refractivity contribution in [3.8, 4) is 0 Å². The molecule has 2 amide bonds. The summed E-state index contributed by atoms with van der Waals surface area (Å²) in [6.07, 6.45) is 1.99. The molecule has 0 saturated heterocycles. The van der Waals surface area contributed by atoms with E-state index in [1.807, 2.05) is 6.92 Å². The van der Waals surface area contributed by atoms with Crippen LogP contribution in [0.25, 0.3) is 0 Å². The molecular weight excluding hydrogens is 301 g/mol. The van der Waals surface area contributed by atoms with Gasteiger partial charge in [0.05, 0.1) is 18.5 Å². The number of carbonyl (C=O) groups is 2. The number of rotatable bonds is 5. The zero-order valence-electron chi connectivity index (χ0n) is 12.5. The van der Waals surface area contributed by atoms with Crippen LogP contribution in [0.2, 0.25) is 0 Å². The molecule has 0 aliphatic heterocycles. The lowest BCUT2D eigenvalue weighted by molar-refractivity contribution is -0.139. The van der Waals surface area contributed by atoms with Crippen LogP contribution in [0, 0.1) is 5.82 Å². The Labute approximate surface area is 132 Å². The van der Waals surface area contributed by atoms with Crippen LogP contribution in [-0.4, -0.2) is 17.5 Å². The molecule has 7 heteroatoms. The highest BCUT2D eigenvalue weighted by Gasteiger charge is 2.13. The topological polar surface area (TPSA) is 83.7 Å². The van der Waals surface area contributed by atoms with Gasteiger partial charge in [-0.25, -0.2) is 9.82 Å². The van der Waals surface area contributed by atoms with Crippen molar-refractivity contribution in [1.82, 2.24) is 10.7 Å². The summed E-state index contributed by atoms with van der Waals surface area (Å²) in [6, 6.07) is 9.08. The van der Waals surface area contributed by atoms with Gasteiger partial charge < -0.3 is 9.73 Å². The van der Waals surface area contributed by atoms with Gasteiger partial charge in [0.25, 0.3) is 0 Å². The molecule has 2 aromatic rings. The average molecular weight is 317 g/mol. The fourth-order valence-electron chi connectivity index (χ4n) is 1.82. The van der Waals surface area contributed by atoms with E-state index >= 15 is 0 Å². The second-order valence-electron chi connectivity index (χ2n) is 4.62. The van der Waals surface area contributed by atoms with E-state index in [9.17, 15) is 14.0 Å². The van der Waals surface area contributed by atoms with Crippen LogP contribution in [0.1, 0.15) is 24.7 Å². The summed E-state index contributed by atoms with van der Waals surface area (Å²) >= 11 is 0. The van der Waals surface area contributed by atoms with Crippen LogP contribution >= 0.6 is 0 Å². The van der Waals surface area contributed by atoms with Crippen molar-refractivity contribution in [1.29, 1.82) is 0 Å². The lowest BCUT2D eigenvalue weighted by atomic mass is 10.1. The van der Waals surface area contributed by atoms with Gasteiger partial charge in [0.1, 0.15) is 11.6 Å². The molecule has 1 aromatic carbocycles. The molecule has 0 unspecified atom stereocenters. The van der Waals surface area contributed by atoms with Gasteiger partial charge in [-0.2, -0.15) is 5.10 Å². The van der Waals surface area contributed by atoms with Crippen molar-refractivity contribution in [3.05, 3.63) is 59.8 Å². The summed E-state index contributed by atoms with van der Waals surface area (Å²) in [5.74, 6) is -1.52. The summed E-state index contributed by atoms with van der Waals surface area (Å²) in [6.45, 7) is 1.95. The molecule has 23 heavy (non-hydrogen) atoms. The van der Waals surface area contributed by atoms with E-state index in [0.717, 1.165) is 0 Å². The quantitative estimate of drug-likeness (QED) is 0.502. The molecule has 0 radical (unpaired) electrons. The molecular formula is C16H16FN3O3. The number of amides is 2. The van der Waals surface area contributed by atoms with Crippen LogP contribution in [0.3, 0.4) is 0 Å².